The van der Waals surface area contributed by atoms with E-state index in [0.29, 0.717) is 10.6 Å². The summed E-state index contributed by atoms with van der Waals surface area (Å²) in [5.74, 6) is -0.996. The number of anilines is 1. The quantitative estimate of drug-likeness (QED) is 0.584. The van der Waals surface area contributed by atoms with Gasteiger partial charge < -0.3 is 5.32 Å². The lowest BCUT2D eigenvalue weighted by molar-refractivity contribution is -0.120. The topological polar surface area (TPSA) is 87.3 Å². The van der Waals surface area contributed by atoms with Crippen LogP contribution in [0.1, 0.15) is 60.8 Å². The number of amides is 3. The number of thiophene rings is 1. The molecule has 126 valence electrons. The Morgan fingerprint density at radius 2 is 1.74 bits per heavy atom. The Morgan fingerprint density at radius 3 is 2.39 bits per heavy atom. The van der Waals surface area contributed by atoms with Crippen molar-refractivity contribution in [2.45, 2.75) is 52.9 Å². The Hall–Kier alpha value is -1.89. The third-order valence-electron chi connectivity index (χ3n) is 3.76. The van der Waals surface area contributed by atoms with Crippen LogP contribution in [0.2, 0.25) is 0 Å². The lowest BCUT2D eigenvalue weighted by atomic mass is 10.0. The highest BCUT2D eigenvalue weighted by Crippen LogP contribution is 2.37. The first kappa shape index (κ1) is 17.5. The summed E-state index contributed by atoms with van der Waals surface area (Å²) < 4.78 is 0. The monoisotopic (exact) mass is 337 g/mol. The third kappa shape index (κ3) is 4.31. The summed E-state index contributed by atoms with van der Waals surface area (Å²) in [5, 5.41) is 3.44. The van der Waals surface area contributed by atoms with Crippen molar-refractivity contribution < 1.29 is 14.4 Å². The van der Waals surface area contributed by atoms with E-state index in [-0.39, 0.29) is 23.6 Å². The zero-order chi connectivity index (χ0) is 17.0. The zero-order valence-electron chi connectivity index (χ0n) is 13.7. The summed E-state index contributed by atoms with van der Waals surface area (Å²) >= 11 is 1.48. The second-order valence-electron chi connectivity index (χ2n) is 6.05. The van der Waals surface area contributed by atoms with Gasteiger partial charge in [0.25, 0.3) is 5.91 Å². The lowest BCUT2D eigenvalue weighted by Gasteiger charge is -2.11. The molecule has 0 bridgehead atoms. The molecule has 0 fully saturated rings. The van der Waals surface area contributed by atoms with Gasteiger partial charge in [0.2, 0.25) is 11.8 Å². The fourth-order valence-electron chi connectivity index (χ4n) is 2.53. The number of fused-ring (bicyclic) bond motifs is 1. The van der Waals surface area contributed by atoms with Crippen LogP contribution in [0.15, 0.2) is 0 Å². The molecule has 0 aromatic carbocycles. The molecule has 3 N–H and O–H groups in total. The molecule has 23 heavy (non-hydrogen) atoms. The largest absolute Gasteiger partial charge is 0.317 e. The molecule has 7 heteroatoms. The fraction of sp³-hybridized carbons (Fsp3) is 0.562. The molecule has 1 aliphatic carbocycles. The minimum atomic E-state index is -0.376. The van der Waals surface area contributed by atoms with Crippen LogP contribution in [0.4, 0.5) is 5.00 Å². The molecule has 0 atom stereocenters. The molecule has 0 saturated heterocycles. The van der Waals surface area contributed by atoms with Gasteiger partial charge in [0.1, 0.15) is 5.00 Å². The number of rotatable bonds is 3. The third-order valence-corrected chi connectivity index (χ3v) is 4.97. The van der Waals surface area contributed by atoms with Crippen LogP contribution in [-0.4, -0.2) is 17.7 Å². The van der Waals surface area contributed by atoms with Crippen molar-refractivity contribution in [2.24, 2.45) is 5.92 Å². The van der Waals surface area contributed by atoms with Crippen molar-refractivity contribution in [3.63, 3.8) is 0 Å². The van der Waals surface area contributed by atoms with Crippen LogP contribution >= 0.6 is 11.3 Å². The second kappa shape index (κ2) is 7.59. The highest BCUT2D eigenvalue weighted by Gasteiger charge is 2.26. The molecule has 2 rings (SSSR count). The smallest absolute Gasteiger partial charge is 0.272 e. The predicted octanol–water partition coefficient (Wildman–Crippen LogP) is 2.39. The summed E-state index contributed by atoms with van der Waals surface area (Å²) in [7, 11) is 0. The highest BCUT2D eigenvalue weighted by atomic mass is 32.1. The molecule has 1 aliphatic rings. The molecule has 0 radical (unpaired) electrons. The standard InChI is InChI=1S/C16H23N3O3S/c1-9(2)14(21)17-16-13(15(22)19-18-10(3)20)11-7-5-4-6-8-12(11)23-16/h9H,4-8H2,1-3H3,(H,17,21)(H,18,20)(H,19,22). The van der Waals surface area contributed by atoms with Crippen molar-refractivity contribution >= 4 is 34.1 Å². The Kier molecular flexibility index (Phi) is 5.76. The average Bonchev–Trinajstić information content (AvgIpc) is 2.66. The van der Waals surface area contributed by atoms with Crippen molar-refractivity contribution in [3.05, 3.63) is 16.0 Å². The van der Waals surface area contributed by atoms with Gasteiger partial charge in [-0.15, -0.1) is 11.3 Å². The normalized spacial score (nSPS) is 13.9. The van der Waals surface area contributed by atoms with E-state index in [9.17, 15) is 14.4 Å². The number of hydrogen-bond acceptors (Lipinski definition) is 4. The van der Waals surface area contributed by atoms with E-state index in [1.54, 1.807) is 0 Å². The van der Waals surface area contributed by atoms with Gasteiger partial charge >= 0.3 is 0 Å². The molecular formula is C16H23N3O3S. The Bertz CT molecular complexity index is 622. The van der Waals surface area contributed by atoms with E-state index in [4.69, 9.17) is 0 Å². The van der Waals surface area contributed by atoms with Gasteiger partial charge in [-0.1, -0.05) is 20.3 Å². The van der Waals surface area contributed by atoms with E-state index < -0.39 is 0 Å². The van der Waals surface area contributed by atoms with E-state index in [1.165, 1.54) is 18.3 Å². The SMILES string of the molecule is CC(=O)NNC(=O)c1c(NC(=O)C(C)C)sc2c1CCCCC2. The number of hydrogen-bond donors (Lipinski definition) is 3. The first-order valence-corrected chi connectivity index (χ1v) is 8.74. The fourth-order valence-corrected chi connectivity index (χ4v) is 3.82. The molecule has 6 nitrogen and oxygen atoms in total. The van der Waals surface area contributed by atoms with Crippen molar-refractivity contribution in [1.29, 1.82) is 0 Å². The van der Waals surface area contributed by atoms with Gasteiger partial charge in [0, 0.05) is 17.7 Å². The Morgan fingerprint density at radius 1 is 1.04 bits per heavy atom. The molecule has 0 unspecified atom stereocenters. The van der Waals surface area contributed by atoms with Crippen LogP contribution in [0, 0.1) is 5.92 Å². The Labute approximate surface area is 140 Å². The minimum absolute atomic E-state index is 0.116. The first-order chi connectivity index (χ1) is 10.9. The molecule has 0 spiro atoms. The number of nitrogens with one attached hydrogen (secondary N) is 3. The van der Waals surface area contributed by atoms with Crippen molar-refractivity contribution in [3.8, 4) is 0 Å². The van der Waals surface area contributed by atoms with E-state index in [1.807, 2.05) is 13.8 Å². The summed E-state index contributed by atoms with van der Waals surface area (Å²) in [4.78, 5) is 36.7. The number of aryl methyl sites for hydroxylation is 1. The predicted molar refractivity (Wildman–Crippen MR) is 90.3 cm³/mol. The number of hydrazine groups is 1. The summed E-state index contributed by atoms with van der Waals surface area (Å²) in [6.07, 6.45) is 5.02. The summed E-state index contributed by atoms with van der Waals surface area (Å²) in [6.45, 7) is 4.95. The molecule has 0 aliphatic heterocycles. The van der Waals surface area contributed by atoms with Gasteiger partial charge in [-0.05, 0) is 31.2 Å². The zero-order valence-corrected chi connectivity index (χ0v) is 14.6. The average molecular weight is 337 g/mol. The molecule has 1 heterocycles. The van der Waals surface area contributed by atoms with Gasteiger partial charge in [-0.3, -0.25) is 25.2 Å². The Balaban J connectivity index is 2.34. The van der Waals surface area contributed by atoms with Gasteiger partial charge in [-0.2, -0.15) is 0 Å². The maximum Gasteiger partial charge on any atom is 0.272 e. The molecule has 3 amide bonds. The maximum absolute atomic E-state index is 12.5. The number of carbonyl (C=O) groups excluding carboxylic acids is 3. The molecular weight excluding hydrogens is 314 g/mol. The van der Waals surface area contributed by atoms with Crippen molar-refractivity contribution in [2.75, 3.05) is 5.32 Å². The molecule has 1 aromatic rings. The van der Waals surface area contributed by atoms with Crippen LogP contribution < -0.4 is 16.2 Å². The van der Waals surface area contributed by atoms with Gasteiger partial charge in [0.05, 0.1) is 5.56 Å². The van der Waals surface area contributed by atoms with E-state index in [0.717, 1.165) is 42.5 Å². The van der Waals surface area contributed by atoms with Gasteiger partial charge in [0.15, 0.2) is 0 Å². The second-order valence-corrected chi connectivity index (χ2v) is 7.15. The maximum atomic E-state index is 12.5. The van der Waals surface area contributed by atoms with Crippen LogP contribution in [-0.2, 0) is 22.4 Å². The lowest BCUT2D eigenvalue weighted by Crippen LogP contribution is -2.40. The van der Waals surface area contributed by atoms with Crippen LogP contribution in [0.25, 0.3) is 0 Å². The van der Waals surface area contributed by atoms with E-state index >= 15 is 0 Å². The van der Waals surface area contributed by atoms with Gasteiger partial charge in [-0.25, -0.2) is 0 Å². The minimum Gasteiger partial charge on any atom is -0.317 e. The van der Waals surface area contributed by atoms with Crippen molar-refractivity contribution in [1.82, 2.24) is 10.9 Å². The molecule has 0 saturated carbocycles. The van der Waals surface area contributed by atoms with E-state index in [2.05, 4.69) is 16.2 Å². The summed E-state index contributed by atoms with van der Waals surface area (Å²) in [5.41, 5.74) is 6.23. The first-order valence-electron chi connectivity index (χ1n) is 7.92. The number of carbonyl (C=O) groups is 3. The highest BCUT2D eigenvalue weighted by molar-refractivity contribution is 7.17. The summed E-state index contributed by atoms with van der Waals surface area (Å²) in [6, 6.07) is 0. The van der Waals surface area contributed by atoms with Crippen LogP contribution in [0.5, 0.6) is 0 Å². The molecule has 1 aromatic heterocycles. The van der Waals surface area contributed by atoms with Crippen LogP contribution in [0.3, 0.4) is 0 Å².